The van der Waals surface area contributed by atoms with E-state index in [4.69, 9.17) is 0 Å². The highest BCUT2D eigenvalue weighted by Crippen LogP contribution is 1.93. The Morgan fingerprint density at radius 3 is 2.50 bits per heavy atom. The summed E-state index contributed by atoms with van der Waals surface area (Å²) in [5, 5.41) is 5.33. The number of carbonyl (C=O) groups is 2. The van der Waals surface area contributed by atoms with Gasteiger partial charge in [-0.1, -0.05) is 6.58 Å². The van der Waals surface area contributed by atoms with Crippen molar-refractivity contribution in [3.05, 3.63) is 12.2 Å². The third-order valence-corrected chi connectivity index (χ3v) is 1.75. The third-order valence-electron chi connectivity index (χ3n) is 1.75. The first-order valence-electron chi connectivity index (χ1n) is 4.79. The zero-order valence-electron chi connectivity index (χ0n) is 8.64. The van der Waals surface area contributed by atoms with Crippen LogP contribution in [0.1, 0.15) is 26.2 Å². The van der Waals surface area contributed by atoms with Crippen LogP contribution in [0, 0.1) is 0 Å². The Balaban J connectivity index is 3.17. The Hall–Kier alpha value is -1.32. The van der Waals surface area contributed by atoms with Gasteiger partial charge in [-0.2, -0.15) is 0 Å². The van der Waals surface area contributed by atoms with E-state index in [2.05, 4.69) is 17.2 Å². The van der Waals surface area contributed by atoms with Crippen LogP contribution < -0.4 is 10.6 Å². The second-order valence-electron chi connectivity index (χ2n) is 3.17. The van der Waals surface area contributed by atoms with Crippen molar-refractivity contribution in [2.75, 3.05) is 13.1 Å². The van der Waals surface area contributed by atoms with Crippen LogP contribution in [0.4, 0.5) is 0 Å². The van der Waals surface area contributed by atoms with Crippen LogP contribution >= 0.6 is 0 Å². The summed E-state index contributed by atoms with van der Waals surface area (Å²) in [5.74, 6) is -0.0870. The minimum absolute atomic E-state index is 0.0870. The van der Waals surface area contributed by atoms with E-state index in [9.17, 15) is 9.59 Å². The van der Waals surface area contributed by atoms with E-state index >= 15 is 0 Å². The molecule has 0 heterocycles. The Morgan fingerprint density at radius 2 is 1.93 bits per heavy atom. The summed E-state index contributed by atoms with van der Waals surface area (Å²) in [6, 6.07) is 0. The molecule has 0 rings (SSSR count). The molecule has 2 amide bonds. The van der Waals surface area contributed by atoms with Gasteiger partial charge in [-0.25, -0.2) is 0 Å². The Kier molecular flexibility index (Phi) is 7.50. The van der Waals surface area contributed by atoms with Gasteiger partial charge in [0.25, 0.3) is 0 Å². The lowest BCUT2D eigenvalue weighted by atomic mass is 10.2. The molecule has 0 spiro atoms. The molecular formula is C10H18N2O2. The van der Waals surface area contributed by atoms with Gasteiger partial charge in [0.15, 0.2) is 0 Å². The van der Waals surface area contributed by atoms with Crippen molar-refractivity contribution in [2.45, 2.75) is 26.2 Å². The summed E-state index contributed by atoms with van der Waals surface area (Å²) < 4.78 is 0. The number of unbranched alkanes of at least 4 members (excludes halogenated alkanes) is 2. The maximum atomic E-state index is 11.0. The van der Waals surface area contributed by atoms with Gasteiger partial charge in [-0.15, -0.1) is 0 Å². The number of hydrogen-bond donors (Lipinski definition) is 2. The molecule has 0 aliphatic rings. The smallest absolute Gasteiger partial charge is 0.246 e. The van der Waals surface area contributed by atoms with Crippen molar-refractivity contribution >= 4 is 12.3 Å². The van der Waals surface area contributed by atoms with Crippen molar-refractivity contribution < 1.29 is 9.59 Å². The van der Waals surface area contributed by atoms with Gasteiger partial charge >= 0.3 is 0 Å². The lowest BCUT2D eigenvalue weighted by Gasteiger charge is -2.04. The maximum absolute atomic E-state index is 11.0. The fraction of sp³-hybridized carbons (Fsp3) is 0.600. The molecule has 0 aromatic rings. The van der Waals surface area contributed by atoms with Gasteiger partial charge in [-0.05, 0) is 26.2 Å². The van der Waals surface area contributed by atoms with Crippen molar-refractivity contribution in [1.82, 2.24) is 10.6 Å². The fourth-order valence-corrected chi connectivity index (χ4v) is 0.941. The Morgan fingerprint density at radius 1 is 1.29 bits per heavy atom. The van der Waals surface area contributed by atoms with E-state index < -0.39 is 0 Å². The van der Waals surface area contributed by atoms with Gasteiger partial charge in [0.1, 0.15) is 0 Å². The van der Waals surface area contributed by atoms with E-state index in [1.165, 1.54) is 0 Å². The summed E-state index contributed by atoms with van der Waals surface area (Å²) in [6.45, 7) is 6.60. The summed E-state index contributed by atoms with van der Waals surface area (Å²) in [4.78, 5) is 20.9. The van der Waals surface area contributed by atoms with E-state index in [0.29, 0.717) is 25.1 Å². The van der Waals surface area contributed by atoms with Crippen molar-refractivity contribution in [1.29, 1.82) is 0 Å². The number of hydrogen-bond acceptors (Lipinski definition) is 2. The average molecular weight is 198 g/mol. The van der Waals surface area contributed by atoms with Crippen LogP contribution in [0.15, 0.2) is 12.2 Å². The minimum Gasteiger partial charge on any atom is -0.359 e. The van der Waals surface area contributed by atoms with Crippen LogP contribution in [0.5, 0.6) is 0 Å². The van der Waals surface area contributed by atoms with Crippen molar-refractivity contribution in [3.63, 3.8) is 0 Å². The highest BCUT2D eigenvalue weighted by molar-refractivity contribution is 5.91. The first-order chi connectivity index (χ1) is 6.68. The molecule has 14 heavy (non-hydrogen) atoms. The molecule has 0 bridgehead atoms. The van der Waals surface area contributed by atoms with Crippen LogP contribution in [0.2, 0.25) is 0 Å². The molecule has 0 aromatic carbocycles. The number of rotatable bonds is 8. The lowest BCUT2D eigenvalue weighted by molar-refractivity contribution is -0.117. The molecule has 0 atom stereocenters. The summed E-state index contributed by atoms with van der Waals surface area (Å²) in [7, 11) is 0. The maximum Gasteiger partial charge on any atom is 0.246 e. The Labute approximate surface area is 84.8 Å². The van der Waals surface area contributed by atoms with Crippen LogP contribution in [-0.4, -0.2) is 25.4 Å². The van der Waals surface area contributed by atoms with Crippen molar-refractivity contribution in [3.8, 4) is 0 Å². The topological polar surface area (TPSA) is 58.2 Å². The second-order valence-corrected chi connectivity index (χ2v) is 3.17. The quantitative estimate of drug-likeness (QED) is 0.341. The molecule has 0 fully saturated rings. The summed E-state index contributed by atoms with van der Waals surface area (Å²) >= 11 is 0. The molecule has 0 saturated carbocycles. The highest BCUT2D eigenvalue weighted by Gasteiger charge is 1.98. The van der Waals surface area contributed by atoms with Crippen LogP contribution in [-0.2, 0) is 9.59 Å². The molecule has 0 saturated heterocycles. The zero-order valence-corrected chi connectivity index (χ0v) is 8.64. The average Bonchev–Trinajstić information content (AvgIpc) is 2.16. The number of nitrogens with one attached hydrogen (secondary N) is 2. The van der Waals surface area contributed by atoms with Gasteiger partial charge < -0.3 is 10.6 Å². The van der Waals surface area contributed by atoms with E-state index in [1.807, 2.05) is 0 Å². The SMILES string of the molecule is C=C(C)C(=O)NCCCCCNC=O. The van der Waals surface area contributed by atoms with E-state index in [1.54, 1.807) is 6.92 Å². The molecule has 0 aromatic heterocycles. The van der Waals surface area contributed by atoms with E-state index in [0.717, 1.165) is 19.3 Å². The molecular weight excluding hydrogens is 180 g/mol. The van der Waals surface area contributed by atoms with Crippen molar-refractivity contribution in [2.24, 2.45) is 0 Å². The standard InChI is InChI=1S/C10H18N2O2/c1-9(2)10(14)12-7-5-3-4-6-11-8-13/h8H,1,3-7H2,2H3,(H,11,13)(H,12,14). The van der Waals surface area contributed by atoms with Gasteiger partial charge in [0.05, 0.1) is 0 Å². The normalized spacial score (nSPS) is 9.21. The zero-order chi connectivity index (χ0) is 10.8. The first-order valence-corrected chi connectivity index (χ1v) is 4.79. The monoisotopic (exact) mass is 198 g/mol. The Bertz CT molecular complexity index is 202. The molecule has 4 heteroatoms. The first kappa shape index (κ1) is 12.7. The second kappa shape index (κ2) is 8.29. The van der Waals surface area contributed by atoms with E-state index in [-0.39, 0.29) is 5.91 Å². The van der Waals surface area contributed by atoms with Crippen LogP contribution in [0.25, 0.3) is 0 Å². The lowest BCUT2D eigenvalue weighted by Crippen LogP contribution is -2.24. The highest BCUT2D eigenvalue weighted by atomic mass is 16.1. The molecule has 0 radical (unpaired) electrons. The third kappa shape index (κ3) is 7.34. The molecule has 0 aliphatic carbocycles. The fourth-order valence-electron chi connectivity index (χ4n) is 0.941. The van der Waals surface area contributed by atoms with Gasteiger partial charge in [0, 0.05) is 18.7 Å². The molecule has 0 unspecified atom stereocenters. The molecule has 4 nitrogen and oxygen atoms in total. The molecule has 80 valence electrons. The van der Waals surface area contributed by atoms with Gasteiger partial charge in [-0.3, -0.25) is 9.59 Å². The number of amides is 2. The molecule has 0 aliphatic heterocycles. The minimum atomic E-state index is -0.0870. The summed E-state index contributed by atoms with van der Waals surface area (Å²) in [6.07, 6.45) is 3.57. The number of carbonyl (C=O) groups excluding carboxylic acids is 2. The summed E-state index contributed by atoms with van der Waals surface area (Å²) in [5.41, 5.74) is 0.535. The molecule has 2 N–H and O–H groups in total. The van der Waals surface area contributed by atoms with Crippen LogP contribution in [0.3, 0.4) is 0 Å². The predicted octanol–water partition coefficient (Wildman–Crippen LogP) is 0.595. The largest absolute Gasteiger partial charge is 0.359 e. The predicted molar refractivity (Wildman–Crippen MR) is 55.7 cm³/mol. The van der Waals surface area contributed by atoms with Gasteiger partial charge in [0.2, 0.25) is 12.3 Å².